The van der Waals surface area contributed by atoms with Crippen molar-refractivity contribution < 1.29 is 0 Å². The van der Waals surface area contributed by atoms with E-state index in [1.165, 1.54) is 55.3 Å². The molecule has 0 radical (unpaired) electrons. The lowest BCUT2D eigenvalue weighted by Crippen LogP contribution is -2.14. The van der Waals surface area contributed by atoms with Crippen LogP contribution in [0.3, 0.4) is 0 Å². The summed E-state index contributed by atoms with van der Waals surface area (Å²) in [4.78, 5) is 10.5. The van der Waals surface area contributed by atoms with Crippen LogP contribution in [0.2, 0.25) is 0 Å². The summed E-state index contributed by atoms with van der Waals surface area (Å²) in [7, 11) is 0. The molecule has 8 aromatic carbocycles. The average molecular weight is 703 g/mol. The van der Waals surface area contributed by atoms with Crippen molar-refractivity contribution >= 4 is 10.8 Å². The van der Waals surface area contributed by atoms with Gasteiger partial charge in [0.15, 0.2) is 5.82 Å². The quantitative estimate of drug-likeness (QED) is 0.172. The van der Waals surface area contributed by atoms with E-state index >= 15 is 0 Å². The Hall–Kier alpha value is -6.90. The topological polar surface area (TPSA) is 25.8 Å². The molecule has 1 heterocycles. The first-order valence-electron chi connectivity index (χ1n) is 19.0. The Balaban J connectivity index is 1.09. The summed E-state index contributed by atoms with van der Waals surface area (Å²) in [5.41, 5.74) is 17.3. The van der Waals surface area contributed by atoms with Gasteiger partial charge in [-0.05, 0) is 96.7 Å². The fourth-order valence-electron chi connectivity index (χ4n) is 8.36. The SMILES string of the molecule is CC1(C)c2cc3ccccc3cc2-c2c(-c3ccc(-c4nc(-c5cccc(-c6ccccc6)c5)cc(-c5cccc(-c6ccccc6)c5)n4)cc3)cccc21. The van der Waals surface area contributed by atoms with E-state index in [-0.39, 0.29) is 5.41 Å². The molecule has 0 spiro atoms. The molecule has 0 amide bonds. The summed E-state index contributed by atoms with van der Waals surface area (Å²) in [6, 6.07) is 69.5. The third-order valence-electron chi connectivity index (χ3n) is 11.3. The predicted octanol–water partition coefficient (Wildman–Crippen LogP) is 13.9. The zero-order valence-electron chi connectivity index (χ0n) is 30.9. The van der Waals surface area contributed by atoms with Crippen molar-refractivity contribution in [3.05, 3.63) is 205 Å². The molecule has 0 saturated carbocycles. The maximum absolute atomic E-state index is 5.24. The van der Waals surface area contributed by atoms with Crippen LogP contribution in [0.25, 0.3) is 89.2 Å². The highest BCUT2D eigenvalue weighted by molar-refractivity contribution is 5.98. The van der Waals surface area contributed by atoms with Gasteiger partial charge in [0.1, 0.15) is 0 Å². The van der Waals surface area contributed by atoms with E-state index in [0.29, 0.717) is 5.82 Å². The van der Waals surface area contributed by atoms with Gasteiger partial charge < -0.3 is 0 Å². The Morgan fingerprint density at radius 1 is 0.327 bits per heavy atom. The maximum atomic E-state index is 5.24. The summed E-state index contributed by atoms with van der Waals surface area (Å²) < 4.78 is 0. The third-order valence-corrected chi connectivity index (χ3v) is 11.3. The minimum atomic E-state index is -0.0923. The molecule has 0 unspecified atom stereocenters. The van der Waals surface area contributed by atoms with Gasteiger partial charge in [0, 0.05) is 22.1 Å². The first kappa shape index (κ1) is 32.7. The molecule has 260 valence electrons. The summed E-state index contributed by atoms with van der Waals surface area (Å²) in [6.07, 6.45) is 0. The Morgan fingerprint density at radius 2 is 0.818 bits per heavy atom. The number of nitrogens with zero attached hydrogens (tertiary/aromatic N) is 2. The van der Waals surface area contributed by atoms with Gasteiger partial charge in [0.05, 0.1) is 11.4 Å². The second-order valence-electron chi connectivity index (χ2n) is 15.0. The van der Waals surface area contributed by atoms with Crippen molar-refractivity contribution in [3.63, 3.8) is 0 Å². The van der Waals surface area contributed by atoms with Gasteiger partial charge in [0.25, 0.3) is 0 Å². The molecular weight excluding hydrogens is 665 g/mol. The minimum Gasteiger partial charge on any atom is -0.228 e. The molecule has 0 aliphatic heterocycles. The van der Waals surface area contributed by atoms with Crippen LogP contribution in [-0.4, -0.2) is 9.97 Å². The fourth-order valence-corrected chi connectivity index (χ4v) is 8.36. The lowest BCUT2D eigenvalue weighted by atomic mass is 9.81. The van der Waals surface area contributed by atoms with E-state index < -0.39 is 0 Å². The first-order chi connectivity index (χ1) is 27.0. The van der Waals surface area contributed by atoms with Crippen LogP contribution in [-0.2, 0) is 5.41 Å². The smallest absolute Gasteiger partial charge is 0.160 e. The molecule has 0 bridgehead atoms. The normalized spacial score (nSPS) is 12.7. The molecular formula is C53H38N2. The zero-order valence-corrected chi connectivity index (χ0v) is 30.9. The zero-order chi connectivity index (χ0) is 36.9. The van der Waals surface area contributed by atoms with Crippen molar-refractivity contribution in [3.8, 4) is 78.4 Å². The van der Waals surface area contributed by atoms with E-state index in [1.54, 1.807) is 0 Å². The summed E-state index contributed by atoms with van der Waals surface area (Å²) in [5, 5.41) is 2.56. The fraction of sp³-hybridized carbons (Fsp3) is 0.0566. The number of hydrogen-bond donors (Lipinski definition) is 0. The monoisotopic (exact) mass is 702 g/mol. The molecule has 2 heteroatoms. The molecule has 0 N–H and O–H groups in total. The first-order valence-corrected chi connectivity index (χ1v) is 19.0. The van der Waals surface area contributed by atoms with Gasteiger partial charge in [-0.2, -0.15) is 0 Å². The van der Waals surface area contributed by atoms with Gasteiger partial charge >= 0.3 is 0 Å². The van der Waals surface area contributed by atoms with Gasteiger partial charge in [-0.15, -0.1) is 0 Å². The van der Waals surface area contributed by atoms with Crippen LogP contribution in [0.5, 0.6) is 0 Å². The molecule has 0 fully saturated rings. The molecule has 55 heavy (non-hydrogen) atoms. The van der Waals surface area contributed by atoms with Crippen molar-refractivity contribution in [2.24, 2.45) is 0 Å². The summed E-state index contributed by atoms with van der Waals surface area (Å²) in [6.45, 7) is 4.71. The standard InChI is InChI=1S/C53H38N2/c1-53(2)47-25-13-24-45(51(47)46-32-41-18-9-10-19-42(41)33-48(46)53)37-26-28-38(29-27-37)52-54-49(43-22-11-20-39(30-43)35-14-5-3-6-15-35)34-50(55-52)44-23-12-21-40(31-44)36-16-7-4-8-17-36/h3-34H,1-2H3. The van der Waals surface area contributed by atoms with E-state index in [4.69, 9.17) is 9.97 Å². The van der Waals surface area contributed by atoms with Crippen LogP contribution < -0.4 is 0 Å². The largest absolute Gasteiger partial charge is 0.228 e. The second kappa shape index (κ2) is 13.2. The van der Waals surface area contributed by atoms with E-state index in [9.17, 15) is 0 Å². The van der Waals surface area contributed by atoms with E-state index in [2.05, 4.69) is 208 Å². The highest BCUT2D eigenvalue weighted by Gasteiger charge is 2.37. The van der Waals surface area contributed by atoms with Crippen molar-refractivity contribution in [2.75, 3.05) is 0 Å². The molecule has 2 nitrogen and oxygen atoms in total. The van der Waals surface area contributed by atoms with E-state index in [0.717, 1.165) is 39.2 Å². The number of rotatable bonds is 6. The third kappa shape index (κ3) is 5.84. The number of fused-ring (bicyclic) bond motifs is 4. The van der Waals surface area contributed by atoms with Crippen LogP contribution in [0, 0.1) is 0 Å². The Labute approximate surface area is 322 Å². The number of benzene rings is 8. The Bertz CT molecular complexity index is 2770. The Kier molecular flexibility index (Phi) is 7.85. The molecule has 9 aromatic rings. The minimum absolute atomic E-state index is 0.0923. The molecule has 0 atom stereocenters. The van der Waals surface area contributed by atoms with Crippen LogP contribution in [0.15, 0.2) is 194 Å². The summed E-state index contributed by atoms with van der Waals surface area (Å²) in [5.74, 6) is 0.700. The Morgan fingerprint density at radius 3 is 1.42 bits per heavy atom. The van der Waals surface area contributed by atoms with Crippen LogP contribution in [0.1, 0.15) is 25.0 Å². The summed E-state index contributed by atoms with van der Waals surface area (Å²) >= 11 is 0. The number of hydrogen-bond acceptors (Lipinski definition) is 2. The number of aromatic nitrogens is 2. The van der Waals surface area contributed by atoms with Gasteiger partial charge in [-0.25, -0.2) is 9.97 Å². The molecule has 1 aliphatic carbocycles. The van der Waals surface area contributed by atoms with Gasteiger partial charge in [-0.1, -0.05) is 178 Å². The van der Waals surface area contributed by atoms with E-state index in [1.807, 2.05) is 0 Å². The molecule has 1 aliphatic rings. The molecule has 1 aromatic heterocycles. The second-order valence-corrected chi connectivity index (χ2v) is 15.0. The highest BCUT2D eigenvalue weighted by atomic mass is 14.9. The molecule has 0 saturated heterocycles. The van der Waals surface area contributed by atoms with Crippen molar-refractivity contribution in [1.82, 2.24) is 9.97 Å². The highest BCUT2D eigenvalue weighted by Crippen LogP contribution is 2.53. The lowest BCUT2D eigenvalue weighted by Gasteiger charge is -2.22. The maximum Gasteiger partial charge on any atom is 0.160 e. The average Bonchev–Trinajstić information content (AvgIpc) is 3.48. The van der Waals surface area contributed by atoms with Crippen LogP contribution in [0.4, 0.5) is 0 Å². The van der Waals surface area contributed by atoms with Gasteiger partial charge in [0.2, 0.25) is 0 Å². The lowest BCUT2D eigenvalue weighted by molar-refractivity contribution is 0.661. The van der Waals surface area contributed by atoms with Gasteiger partial charge in [-0.3, -0.25) is 0 Å². The van der Waals surface area contributed by atoms with Crippen LogP contribution >= 0.6 is 0 Å². The molecule has 10 rings (SSSR count). The predicted molar refractivity (Wildman–Crippen MR) is 230 cm³/mol. The van der Waals surface area contributed by atoms with Crippen molar-refractivity contribution in [1.29, 1.82) is 0 Å². The van der Waals surface area contributed by atoms with Crippen molar-refractivity contribution in [2.45, 2.75) is 19.3 Å².